The van der Waals surface area contributed by atoms with Crippen molar-refractivity contribution in [2.24, 2.45) is 0 Å². The van der Waals surface area contributed by atoms with Gasteiger partial charge >= 0.3 is 0 Å². The maximum atomic E-state index is 11.9. The van der Waals surface area contributed by atoms with E-state index in [0.29, 0.717) is 24.6 Å². The summed E-state index contributed by atoms with van der Waals surface area (Å²) in [6, 6.07) is 9.98. The lowest BCUT2D eigenvalue weighted by atomic mass is 9.96. The molecule has 0 radical (unpaired) electrons. The Morgan fingerprint density at radius 1 is 1.08 bits per heavy atom. The van der Waals surface area contributed by atoms with Gasteiger partial charge in [0.1, 0.15) is 5.75 Å². The Morgan fingerprint density at radius 3 is 2.54 bits per heavy atom. The summed E-state index contributed by atoms with van der Waals surface area (Å²) in [5, 5.41) is 4.96. The molecule has 2 aromatic carbocycles. The van der Waals surface area contributed by atoms with Gasteiger partial charge in [-0.05, 0) is 79.6 Å². The molecule has 4 heteroatoms. The highest BCUT2D eigenvalue weighted by Crippen LogP contribution is 2.29. The summed E-state index contributed by atoms with van der Waals surface area (Å²) in [5.74, 6) is 0.898. The predicted octanol–water partition coefficient (Wildman–Crippen LogP) is 4.43. The Bertz CT molecular complexity index is 806. The summed E-state index contributed by atoms with van der Waals surface area (Å²) in [6.45, 7) is 3.65. The quantitative estimate of drug-likeness (QED) is 0.782. The minimum absolute atomic E-state index is 0.0432. The number of amides is 1. The normalized spacial score (nSPS) is 15.0. The average Bonchev–Trinajstić information content (AvgIpc) is 2.62. The van der Waals surface area contributed by atoms with Crippen molar-refractivity contribution < 1.29 is 14.3 Å². The minimum atomic E-state index is -0.0432. The number of rotatable bonds is 6. The topological polar surface area (TPSA) is 55.4 Å². The van der Waals surface area contributed by atoms with Gasteiger partial charge in [0, 0.05) is 19.0 Å². The first-order chi connectivity index (χ1) is 12.5. The number of ketones is 1. The predicted molar refractivity (Wildman–Crippen MR) is 104 cm³/mol. The number of benzene rings is 2. The van der Waals surface area contributed by atoms with E-state index in [1.54, 1.807) is 6.92 Å². The van der Waals surface area contributed by atoms with Crippen molar-refractivity contribution in [2.45, 2.75) is 58.5 Å². The Labute approximate surface area is 154 Å². The summed E-state index contributed by atoms with van der Waals surface area (Å²) in [7, 11) is 0. The first-order valence-corrected chi connectivity index (χ1v) is 9.51. The zero-order chi connectivity index (χ0) is 18.5. The number of carbonyl (C=O) groups excluding carboxylic acids is 2. The van der Waals surface area contributed by atoms with E-state index in [4.69, 9.17) is 4.74 Å². The zero-order valence-corrected chi connectivity index (χ0v) is 15.6. The lowest BCUT2D eigenvalue weighted by Crippen LogP contribution is -2.22. The van der Waals surface area contributed by atoms with Crippen molar-refractivity contribution in [3.05, 3.63) is 41.5 Å². The van der Waals surface area contributed by atoms with Crippen LogP contribution >= 0.6 is 0 Å². The second kappa shape index (κ2) is 8.35. The van der Waals surface area contributed by atoms with Crippen LogP contribution < -0.4 is 10.1 Å². The molecule has 1 fully saturated rings. The fourth-order valence-electron chi connectivity index (χ4n) is 3.65. The average molecular weight is 353 g/mol. The SMILES string of the molecule is CC(=O)NCCc1cc(C(C)=O)cc2ccc(OC3CCCCC3)cc12. The van der Waals surface area contributed by atoms with E-state index in [1.807, 2.05) is 24.3 Å². The maximum Gasteiger partial charge on any atom is 0.216 e. The molecule has 1 aliphatic carbocycles. The van der Waals surface area contributed by atoms with Crippen LogP contribution in [0.2, 0.25) is 0 Å². The molecule has 4 nitrogen and oxygen atoms in total. The first kappa shape index (κ1) is 18.4. The summed E-state index contributed by atoms with van der Waals surface area (Å²) in [5.41, 5.74) is 1.77. The van der Waals surface area contributed by atoms with Crippen LogP contribution in [0.3, 0.4) is 0 Å². The van der Waals surface area contributed by atoms with Crippen molar-refractivity contribution in [3.63, 3.8) is 0 Å². The van der Waals surface area contributed by atoms with Crippen LogP contribution in [0.5, 0.6) is 5.75 Å². The molecule has 0 aliphatic heterocycles. The summed E-state index contributed by atoms with van der Waals surface area (Å²) >= 11 is 0. The maximum absolute atomic E-state index is 11.9. The highest BCUT2D eigenvalue weighted by molar-refractivity contribution is 6.00. The van der Waals surface area contributed by atoms with Crippen LogP contribution in [0.1, 0.15) is 61.9 Å². The molecule has 3 rings (SSSR count). The number of hydrogen-bond acceptors (Lipinski definition) is 3. The van der Waals surface area contributed by atoms with E-state index in [1.165, 1.54) is 26.2 Å². The number of Topliss-reactive ketones (excluding diaryl/α,β-unsaturated/α-hetero) is 1. The van der Waals surface area contributed by atoms with Crippen molar-refractivity contribution in [1.29, 1.82) is 0 Å². The standard InChI is InChI=1S/C22H27NO3/c1-15(24)19-12-17-8-9-21(26-20-6-4-3-5-7-20)14-22(17)18(13-19)10-11-23-16(2)25/h8-9,12-14,20H,3-7,10-11H2,1-2H3,(H,23,25). The van der Waals surface area contributed by atoms with Crippen LogP contribution in [0, 0.1) is 0 Å². The summed E-state index contributed by atoms with van der Waals surface area (Å²) in [4.78, 5) is 23.0. The lowest BCUT2D eigenvalue weighted by molar-refractivity contribution is -0.118. The largest absolute Gasteiger partial charge is 0.490 e. The fourth-order valence-corrected chi connectivity index (χ4v) is 3.65. The lowest BCUT2D eigenvalue weighted by Gasteiger charge is -2.23. The van der Waals surface area contributed by atoms with Gasteiger partial charge in [0.05, 0.1) is 6.10 Å². The Hall–Kier alpha value is -2.36. The molecule has 1 saturated carbocycles. The van der Waals surface area contributed by atoms with Gasteiger partial charge in [0.2, 0.25) is 5.91 Å². The molecule has 138 valence electrons. The van der Waals surface area contributed by atoms with Crippen molar-refractivity contribution in [1.82, 2.24) is 5.32 Å². The van der Waals surface area contributed by atoms with Crippen molar-refractivity contribution >= 4 is 22.5 Å². The van der Waals surface area contributed by atoms with Gasteiger partial charge in [0.15, 0.2) is 5.78 Å². The molecule has 0 unspecified atom stereocenters. The van der Waals surface area contributed by atoms with E-state index < -0.39 is 0 Å². The van der Waals surface area contributed by atoms with Crippen LogP contribution in [0.15, 0.2) is 30.3 Å². The zero-order valence-electron chi connectivity index (χ0n) is 15.6. The second-order valence-electron chi connectivity index (χ2n) is 7.19. The molecule has 0 aromatic heterocycles. The van der Waals surface area contributed by atoms with Crippen molar-refractivity contribution in [2.75, 3.05) is 6.54 Å². The first-order valence-electron chi connectivity index (χ1n) is 9.51. The van der Waals surface area contributed by atoms with Gasteiger partial charge in [-0.1, -0.05) is 12.5 Å². The van der Waals surface area contributed by atoms with E-state index in [2.05, 4.69) is 11.4 Å². The molecular formula is C22H27NO3. The molecular weight excluding hydrogens is 326 g/mol. The van der Waals surface area contributed by atoms with Gasteiger partial charge in [-0.2, -0.15) is 0 Å². The van der Waals surface area contributed by atoms with E-state index in [0.717, 1.165) is 34.9 Å². The van der Waals surface area contributed by atoms with Crippen LogP contribution in [-0.2, 0) is 11.2 Å². The van der Waals surface area contributed by atoms with Gasteiger partial charge in [-0.15, -0.1) is 0 Å². The molecule has 26 heavy (non-hydrogen) atoms. The minimum Gasteiger partial charge on any atom is -0.490 e. The van der Waals surface area contributed by atoms with E-state index in [9.17, 15) is 9.59 Å². The third-order valence-electron chi connectivity index (χ3n) is 5.04. The molecule has 1 N–H and O–H groups in total. The Kier molecular flexibility index (Phi) is 5.92. The van der Waals surface area contributed by atoms with E-state index in [-0.39, 0.29) is 11.7 Å². The molecule has 0 heterocycles. The smallest absolute Gasteiger partial charge is 0.216 e. The monoisotopic (exact) mass is 353 g/mol. The summed E-state index contributed by atoms with van der Waals surface area (Å²) < 4.78 is 6.20. The molecule has 0 saturated heterocycles. The van der Waals surface area contributed by atoms with E-state index >= 15 is 0 Å². The van der Waals surface area contributed by atoms with Crippen molar-refractivity contribution in [3.8, 4) is 5.75 Å². The van der Waals surface area contributed by atoms with Gasteiger partial charge in [-0.25, -0.2) is 0 Å². The Balaban J connectivity index is 1.89. The molecule has 1 amide bonds. The number of carbonyl (C=O) groups is 2. The van der Waals surface area contributed by atoms with Crippen LogP contribution in [-0.4, -0.2) is 24.3 Å². The third kappa shape index (κ3) is 4.63. The summed E-state index contributed by atoms with van der Waals surface area (Å²) in [6.07, 6.45) is 7.01. The molecule has 0 atom stereocenters. The fraction of sp³-hybridized carbons (Fsp3) is 0.455. The molecule has 1 aliphatic rings. The van der Waals surface area contributed by atoms with Gasteiger partial charge in [0.25, 0.3) is 0 Å². The van der Waals surface area contributed by atoms with Gasteiger partial charge < -0.3 is 10.1 Å². The molecule has 0 bridgehead atoms. The number of nitrogens with one attached hydrogen (secondary N) is 1. The third-order valence-corrected chi connectivity index (χ3v) is 5.04. The Morgan fingerprint density at radius 2 is 1.85 bits per heavy atom. The number of hydrogen-bond donors (Lipinski definition) is 1. The second-order valence-corrected chi connectivity index (χ2v) is 7.19. The van der Waals surface area contributed by atoms with Crippen LogP contribution in [0.4, 0.5) is 0 Å². The van der Waals surface area contributed by atoms with Crippen LogP contribution in [0.25, 0.3) is 10.8 Å². The molecule has 0 spiro atoms. The number of ether oxygens (including phenoxy) is 1. The molecule has 2 aromatic rings. The highest BCUT2D eigenvalue weighted by atomic mass is 16.5. The number of fused-ring (bicyclic) bond motifs is 1. The highest BCUT2D eigenvalue weighted by Gasteiger charge is 2.15. The van der Waals surface area contributed by atoms with Gasteiger partial charge in [-0.3, -0.25) is 9.59 Å².